The number of esters is 1. The van der Waals surface area contributed by atoms with Crippen LogP contribution in [0.1, 0.15) is 23.1 Å². The molecule has 0 spiro atoms. The first kappa shape index (κ1) is 20.5. The van der Waals surface area contributed by atoms with Crippen LogP contribution < -0.4 is 10.6 Å². The summed E-state index contributed by atoms with van der Waals surface area (Å²) in [7, 11) is 1.15. The van der Waals surface area contributed by atoms with E-state index < -0.39 is 17.8 Å². The molecule has 0 atom stereocenters. The fraction of sp³-hybridized carbons (Fsp3) is 0.150. The second-order valence-corrected chi connectivity index (χ2v) is 6.43. The van der Waals surface area contributed by atoms with E-state index in [2.05, 4.69) is 38.5 Å². The minimum atomic E-state index is -0.801. The molecule has 154 valence electrons. The van der Waals surface area contributed by atoms with Crippen LogP contribution in [0.3, 0.4) is 0 Å². The highest BCUT2D eigenvalue weighted by Crippen LogP contribution is 2.28. The summed E-state index contributed by atoms with van der Waals surface area (Å²) in [6.45, 7) is 8.51. The summed E-state index contributed by atoms with van der Waals surface area (Å²) in [5, 5.41) is 4.91. The number of aromatic amines is 1. The second-order valence-electron chi connectivity index (χ2n) is 6.43. The van der Waals surface area contributed by atoms with Crippen molar-refractivity contribution in [2.45, 2.75) is 13.5 Å². The zero-order valence-electron chi connectivity index (χ0n) is 16.4. The number of H-pyrrole nitrogens is 1. The highest BCUT2D eigenvalue weighted by Gasteiger charge is 2.35. The quantitative estimate of drug-likeness (QED) is 0.487. The van der Waals surface area contributed by atoms with Crippen molar-refractivity contribution in [2.75, 3.05) is 12.4 Å². The van der Waals surface area contributed by atoms with Gasteiger partial charge in [-0.05, 0) is 24.3 Å². The number of carbonyl (C=O) groups is 4. The van der Waals surface area contributed by atoms with Crippen LogP contribution in [-0.4, -0.2) is 45.7 Å². The van der Waals surface area contributed by atoms with Crippen LogP contribution in [0.25, 0.3) is 11.4 Å². The van der Waals surface area contributed by atoms with E-state index in [1.165, 1.54) is 6.92 Å². The van der Waals surface area contributed by atoms with Gasteiger partial charge in [0.25, 0.3) is 11.8 Å². The van der Waals surface area contributed by atoms with Gasteiger partial charge < -0.3 is 20.4 Å². The molecule has 2 aromatic rings. The normalized spacial score (nSPS) is 12.2. The van der Waals surface area contributed by atoms with Crippen molar-refractivity contribution >= 4 is 29.4 Å². The summed E-state index contributed by atoms with van der Waals surface area (Å²) >= 11 is 0. The van der Waals surface area contributed by atoms with Crippen molar-refractivity contribution in [1.82, 2.24) is 20.2 Å². The third-order valence-electron chi connectivity index (χ3n) is 4.31. The molecule has 30 heavy (non-hydrogen) atoms. The Hall–Kier alpha value is -4.21. The maximum absolute atomic E-state index is 12.7. The number of nitrogens with one attached hydrogen (secondary N) is 3. The van der Waals surface area contributed by atoms with Crippen molar-refractivity contribution in [3.05, 3.63) is 60.2 Å². The van der Waals surface area contributed by atoms with E-state index in [1.807, 2.05) is 0 Å². The predicted molar refractivity (Wildman–Crippen MR) is 107 cm³/mol. The minimum absolute atomic E-state index is 0.0715. The third-order valence-corrected chi connectivity index (χ3v) is 4.31. The fourth-order valence-electron chi connectivity index (χ4n) is 2.83. The summed E-state index contributed by atoms with van der Waals surface area (Å²) in [5.41, 5.74) is 1.65. The number of ether oxygens (including phenoxy) is 1. The molecule has 3 amide bonds. The highest BCUT2D eigenvalue weighted by atomic mass is 16.5. The molecule has 0 aliphatic carbocycles. The number of benzene rings is 1. The Morgan fingerprint density at radius 1 is 1.20 bits per heavy atom. The molecule has 3 N–H and O–H groups in total. The predicted octanol–water partition coefficient (Wildman–Crippen LogP) is 1.31. The Bertz CT molecular complexity index is 1080. The molecule has 1 aliphatic heterocycles. The van der Waals surface area contributed by atoms with Gasteiger partial charge in [-0.25, -0.2) is 9.78 Å². The van der Waals surface area contributed by atoms with Crippen LogP contribution in [0.5, 0.6) is 0 Å². The zero-order valence-corrected chi connectivity index (χ0v) is 16.4. The molecule has 3 rings (SSSR count). The van der Waals surface area contributed by atoms with Crippen LogP contribution >= 0.6 is 0 Å². The lowest BCUT2D eigenvalue weighted by molar-refractivity contribution is -0.137. The minimum Gasteiger partial charge on any atom is -0.464 e. The monoisotopic (exact) mass is 409 g/mol. The first-order chi connectivity index (χ1) is 14.2. The Morgan fingerprint density at radius 2 is 1.87 bits per heavy atom. The van der Waals surface area contributed by atoms with Gasteiger partial charge in [-0.2, -0.15) is 0 Å². The lowest BCUT2D eigenvalue weighted by atomic mass is 10.2. The number of rotatable bonds is 6. The van der Waals surface area contributed by atoms with Crippen LogP contribution in [-0.2, 0) is 25.7 Å². The summed E-state index contributed by atoms with van der Waals surface area (Å²) in [6, 6.07) is 6.95. The number of nitrogens with zero attached hydrogens (tertiary/aromatic N) is 2. The Labute approximate surface area is 171 Å². The van der Waals surface area contributed by atoms with Crippen LogP contribution in [0, 0.1) is 0 Å². The second kappa shape index (κ2) is 8.03. The number of amides is 3. The largest absolute Gasteiger partial charge is 0.464 e. The van der Waals surface area contributed by atoms with E-state index in [9.17, 15) is 19.2 Å². The van der Waals surface area contributed by atoms with Crippen molar-refractivity contribution in [2.24, 2.45) is 0 Å². The summed E-state index contributed by atoms with van der Waals surface area (Å²) in [5.74, 6) is -1.74. The van der Waals surface area contributed by atoms with Gasteiger partial charge in [-0.15, -0.1) is 0 Å². The van der Waals surface area contributed by atoms with Gasteiger partial charge in [-0.1, -0.05) is 13.2 Å². The van der Waals surface area contributed by atoms with E-state index in [0.29, 0.717) is 17.2 Å². The number of imidazole rings is 1. The van der Waals surface area contributed by atoms with E-state index in [-0.39, 0.29) is 29.5 Å². The van der Waals surface area contributed by atoms with Crippen LogP contribution in [0.4, 0.5) is 5.69 Å². The van der Waals surface area contributed by atoms with Gasteiger partial charge in [0, 0.05) is 18.2 Å². The maximum atomic E-state index is 12.7. The molecule has 10 heteroatoms. The molecule has 0 bridgehead atoms. The number of methoxy groups -OCH3 is 1. The van der Waals surface area contributed by atoms with E-state index in [1.54, 1.807) is 24.3 Å². The van der Waals surface area contributed by atoms with Crippen LogP contribution in [0.15, 0.2) is 48.8 Å². The number of carbonyl (C=O) groups excluding carboxylic acids is 4. The summed E-state index contributed by atoms with van der Waals surface area (Å²) < 4.78 is 4.46. The fourth-order valence-corrected chi connectivity index (χ4v) is 2.83. The molecule has 0 fully saturated rings. The van der Waals surface area contributed by atoms with Crippen LogP contribution in [0.2, 0.25) is 0 Å². The third kappa shape index (κ3) is 3.97. The molecule has 0 saturated carbocycles. The molecule has 1 aliphatic rings. The molecule has 0 radical (unpaired) electrons. The van der Waals surface area contributed by atoms with Gasteiger partial charge in [0.1, 0.15) is 17.2 Å². The standard InChI is InChI=1S/C20H19N5O5/c1-10(20(29)30-4)21-18(27)11(2)25-9-15-16(19(25)28)24-17(23-15)13-5-7-14(8-6-13)22-12(3)26/h5-8H,1-2,9H2,3-4H3,(H,21,27)(H,22,26)(H,23,24). The van der Waals surface area contributed by atoms with Gasteiger partial charge in [0.05, 0.1) is 19.3 Å². The topological polar surface area (TPSA) is 133 Å². The van der Waals surface area contributed by atoms with E-state index >= 15 is 0 Å². The smallest absolute Gasteiger partial charge is 0.353 e. The molecule has 1 aromatic carbocycles. The van der Waals surface area contributed by atoms with Gasteiger partial charge in [0.2, 0.25) is 5.91 Å². The van der Waals surface area contributed by atoms with Gasteiger partial charge in [-0.3, -0.25) is 19.3 Å². The van der Waals surface area contributed by atoms with Crippen molar-refractivity contribution < 1.29 is 23.9 Å². The van der Waals surface area contributed by atoms with E-state index in [0.717, 1.165) is 17.6 Å². The maximum Gasteiger partial charge on any atom is 0.353 e. The number of hydrogen-bond donors (Lipinski definition) is 3. The van der Waals surface area contributed by atoms with Crippen molar-refractivity contribution in [3.63, 3.8) is 0 Å². The molecular formula is C20H19N5O5. The Balaban J connectivity index is 1.71. The highest BCUT2D eigenvalue weighted by molar-refractivity contribution is 6.06. The van der Waals surface area contributed by atoms with Crippen molar-refractivity contribution in [3.8, 4) is 11.4 Å². The van der Waals surface area contributed by atoms with E-state index in [4.69, 9.17) is 0 Å². The lowest BCUT2D eigenvalue weighted by Gasteiger charge is -2.18. The SMILES string of the molecule is C=C(NC(=O)C(=C)N1Cc2[nH]c(-c3ccc(NC(C)=O)cc3)nc2C1=O)C(=O)OC. The zero-order chi connectivity index (χ0) is 22.0. The number of hydrogen-bond acceptors (Lipinski definition) is 6. The number of aromatic nitrogens is 2. The number of fused-ring (bicyclic) bond motifs is 1. The average Bonchev–Trinajstić information content (AvgIpc) is 3.26. The lowest BCUT2D eigenvalue weighted by Crippen LogP contribution is -2.36. The van der Waals surface area contributed by atoms with Crippen molar-refractivity contribution in [1.29, 1.82) is 0 Å². The first-order valence-corrected chi connectivity index (χ1v) is 8.77. The number of anilines is 1. The van der Waals surface area contributed by atoms with Gasteiger partial charge >= 0.3 is 5.97 Å². The first-order valence-electron chi connectivity index (χ1n) is 8.77. The Morgan fingerprint density at radius 3 is 2.43 bits per heavy atom. The molecular weight excluding hydrogens is 390 g/mol. The summed E-state index contributed by atoms with van der Waals surface area (Å²) in [4.78, 5) is 55.9. The average molecular weight is 409 g/mol. The molecule has 0 unspecified atom stereocenters. The van der Waals surface area contributed by atoms with Gasteiger partial charge in [0.15, 0.2) is 5.69 Å². The summed E-state index contributed by atoms with van der Waals surface area (Å²) in [6.07, 6.45) is 0. The Kier molecular flexibility index (Phi) is 5.50. The molecule has 0 saturated heterocycles. The molecule has 10 nitrogen and oxygen atoms in total. The molecule has 1 aromatic heterocycles. The molecule has 2 heterocycles.